The maximum absolute atomic E-state index is 12.9. The lowest BCUT2D eigenvalue weighted by Crippen LogP contribution is -2.13. The number of benzene rings is 2. The average Bonchev–Trinajstić information content (AvgIpc) is 2.60. The Hall–Kier alpha value is -3.13. The topological polar surface area (TPSA) is 62.1 Å². The third-order valence-electron chi connectivity index (χ3n) is 3.13. The van der Waals surface area contributed by atoms with E-state index < -0.39 is 11.7 Å². The van der Waals surface area contributed by atoms with Gasteiger partial charge in [0.1, 0.15) is 23.2 Å². The highest BCUT2D eigenvalue weighted by molar-refractivity contribution is 6.09. The zero-order chi connectivity index (χ0) is 17.4. The van der Waals surface area contributed by atoms with Gasteiger partial charge in [0, 0.05) is 5.69 Å². The third kappa shape index (κ3) is 4.96. The van der Waals surface area contributed by atoms with Gasteiger partial charge in [-0.3, -0.25) is 4.79 Å². The number of carbonyl (C=O) groups excluding carboxylic acids is 1. The Morgan fingerprint density at radius 1 is 1.21 bits per heavy atom. The largest absolute Gasteiger partial charge is 0.494 e. The molecule has 0 unspecified atom stereocenters. The van der Waals surface area contributed by atoms with Crippen molar-refractivity contribution in [2.45, 2.75) is 13.3 Å². The number of nitriles is 1. The number of anilines is 1. The van der Waals surface area contributed by atoms with Gasteiger partial charge in [-0.1, -0.05) is 19.1 Å². The van der Waals surface area contributed by atoms with Crippen LogP contribution in [0.5, 0.6) is 5.75 Å². The van der Waals surface area contributed by atoms with E-state index in [1.165, 1.54) is 30.3 Å². The molecule has 1 amide bonds. The molecule has 0 spiro atoms. The Kier molecular flexibility index (Phi) is 6.09. The van der Waals surface area contributed by atoms with Crippen molar-refractivity contribution < 1.29 is 13.9 Å². The first-order valence-corrected chi connectivity index (χ1v) is 7.54. The van der Waals surface area contributed by atoms with E-state index in [4.69, 9.17) is 4.74 Å². The highest BCUT2D eigenvalue weighted by atomic mass is 19.1. The van der Waals surface area contributed by atoms with Gasteiger partial charge in [-0.05, 0) is 54.5 Å². The standard InChI is InChI=1S/C19H17FN2O2/c1-2-11-24-18-9-3-14(4-10-18)12-15(13-21)19(23)22-17-7-5-16(20)6-8-17/h3-10,12H,2,11H2,1H3,(H,22,23)/b15-12+. The summed E-state index contributed by atoms with van der Waals surface area (Å²) in [5.74, 6) is -0.201. The summed E-state index contributed by atoms with van der Waals surface area (Å²) in [7, 11) is 0. The second kappa shape index (κ2) is 8.49. The van der Waals surface area contributed by atoms with Crippen molar-refractivity contribution in [3.05, 3.63) is 65.5 Å². The van der Waals surface area contributed by atoms with Crippen LogP contribution in [0.25, 0.3) is 6.08 Å². The van der Waals surface area contributed by atoms with E-state index in [0.29, 0.717) is 17.9 Å². The van der Waals surface area contributed by atoms with E-state index >= 15 is 0 Å². The number of amides is 1. The van der Waals surface area contributed by atoms with Crippen LogP contribution in [0.15, 0.2) is 54.1 Å². The van der Waals surface area contributed by atoms with E-state index in [1.807, 2.05) is 13.0 Å². The van der Waals surface area contributed by atoms with Crippen LogP contribution in [0.2, 0.25) is 0 Å². The summed E-state index contributed by atoms with van der Waals surface area (Å²) in [4.78, 5) is 12.1. The van der Waals surface area contributed by atoms with Crippen molar-refractivity contribution >= 4 is 17.7 Å². The van der Waals surface area contributed by atoms with Crippen LogP contribution in [0.1, 0.15) is 18.9 Å². The zero-order valence-electron chi connectivity index (χ0n) is 13.3. The highest BCUT2D eigenvalue weighted by Crippen LogP contribution is 2.16. The third-order valence-corrected chi connectivity index (χ3v) is 3.13. The number of ether oxygens (including phenoxy) is 1. The maximum atomic E-state index is 12.9. The predicted octanol–water partition coefficient (Wildman–Crippen LogP) is 4.16. The molecule has 4 nitrogen and oxygen atoms in total. The lowest BCUT2D eigenvalue weighted by atomic mass is 10.1. The van der Waals surface area contributed by atoms with Crippen molar-refractivity contribution in [1.29, 1.82) is 5.26 Å². The number of hydrogen-bond donors (Lipinski definition) is 1. The number of nitrogens with one attached hydrogen (secondary N) is 1. The second-order valence-electron chi connectivity index (χ2n) is 5.05. The van der Waals surface area contributed by atoms with Crippen LogP contribution in [-0.4, -0.2) is 12.5 Å². The molecule has 0 aliphatic heterocycles. The van der Waals surface area contributed by atoms with E-state index in [2.05, 4.69) is 5.32 Å². The molecule has 2 aromatic rings. The van der Waals surface area contributed by atoms with Crippen LogP contribution in [0, 0.1) is 17.1 Å². The van der Waals surface area contributed by atoms with Gasteiger partial charge in [-0.25, -0.2) is 4.39 Å². The van der Waals surface area contributed by atoms with Crippen molar-refractivity contribution in [3.63, 3.8) is 0 Å². The molecule has 0 saturated carbocycles. The van der Waals surface area contributed by atoms with Gasteiger partial charge in [0.25, 0.3) is 5.91 Å². The molecule has 2 rings (SSSR count). The molecule has 0 bridgehead atoms. The average molecular weight is 324 g/mol. The molecule has 0 aliphatic carbocycles. The lowest BCUT2D eigenvalue weighted by molar-refractivity contribution is -0.112. The number of halogens is 1. The molecule has 0 heterocycles. The summed E-state index contributed by atoms with van der Waals surface area (Å²) in [5, 5.41) is 11.7. The summed E-state index contributed by atoms with van der Waals surface area (Å²) in [6.45, 7) is 2.66. The van der Waals surface area contributed by atoms with Crippen molar-refractivity contribution in [1.82, 2.24) is 0 Å². The first-order valence-electron chi connectivity index (χ1n) is 7.54. The van der Waals surface area contributed by atoms with E-state index in [9.17, 15) is 14.4 Å². The van der Waals surface area contributed by atoms with Gasteiger partial charge in [0.15, 0.2) is 0 Å². The fourth-order valence-electron chi connectivity index (χ4n) is 1.93. The molecule has 0 atom stereocenters. The number of carbonyl (C=O) groups is 1. The summed E-state index contributed by atoms with van der Waals surface area (Å²) in [6.07, 6.45) is 2.41. The number of rotatable bonds is 6. The van der Waals surface area contributed by atoms with Crippen LogP contribution in [0.4, 0.5) is 10.1 Å². The second-order valence-corrected chi connectivity index (χ2v) is 5.05. The quantitative estimate of drug-likeness (QED) is 0.641. The van der Waals surface area contributed by atoms with Crippen molar-refractivity contribution in [2.75, 3.05) is 11.9 Å². The van der Waals surface area contributed by atoms with Gasteiger partial charge >= 0.3 is 0 Å². The zero-order valence-corrected chi connectivity index (χ0v) is 13.3. The molecule has 0 radical (unpaired) electrons. The van der Waals surface area contributed by atoms with E-state index in [1.54, 1.807) is 24.3 Å². The Bertz CT molecular complexity index is 759. The minimum absolute atomic E-state index is 0.0402. The van der Waals surface area contributed by atoms with E-state index in [0.717, 1.165) is 12.2 Å². The smallest absolute Gasteiger partial charge is 0.266 e. The monoisotopic (exact) mass is 324 g/mol. The minimum Gasteiger partial charge on any atom is -0.494 e. The van der Waals surface area contributed by atoms with Gasteiger partial charge in [-0.15, -0.1) is 0 Å². The Labute approximate surface area is 140 Å². The summed E-state index contributed by atoms with van der Waals surface area (Å²) >= 11 is 0. The molecule has 0 saturated heterocycles. The molecule has 0 aliphatic rings. The molecule has 24 heavy (non-hydrogen) atoms. The first kappa shape index (κ1) is 17.2. The fourth-order valence-corrected chi connectivity index (χ4v) is 1.93. The van der Waals surface area contributed by atoms with Crippen LogP contribution < -0.4 is 10.1 Å². The first-order chi connectivity index (χ1) is 11.6. The van der Waals surface area contributed by atoms with Gasteiger partial charge in [0.2, 0.25) is 0 Å². The van der Waals surface area contributed by atoms with Crippen molar-refractivity contribution in [3.8, 4) is 11.8 Å². The lowest BCUT2D eigenvalue weighted by Gasteiger charge is -2.05. The minimum atomic E-state index is -0.546. The Morgan fingerprint density at radius 2 is 1.88 bits per heavy atom. The molecule has 0 aromatic heterocycles. The van der Waals surface area contributed by atoms with Crippen LogP contribution in [-0.2, 0) is 4.79 Å². The van der Waals surface area contributed by atoms with E-state index in [-0.39, 0.29) is 5.57 Å². The highest BCUT2D eigenvalue weighted by Gasteiger charge is 2.09. The summed E-state index contributed by atoms with van der Waals surface area (Å²) in [5.41, 5.74) is 1.09. The van der Waals surface area contributed by atoms with Gasteiger partial charge < -0.3 is 10.1 Å². The maximum Gasteiger partial charge on any atom is 0.266 e. The normalized spacial score (nSPS) is 10.8. The van der Waals surface area contributed by atoms with Crippen LogP contribution >= 0.6 is 0 Å². The summed E-state index contributed by atoms with van der Waals surface area (Å²) < 4.78 is 18.3. The number of nitrogens with zero attached hydrogens (tertiary/aromatic N) is 1. The molecule has 122 valence electrons. The molecule has 0 fully saturated rings. The Morgan fingerprint density at radius 3 is 2.46 bits per heavy atom. The molecule has 2 aromatic carbocycles. The fraction of sp³-hybridized carbons (Fsp3) is 0.158. The van der Waals surface area contributed by atoms with Gasteiger partial charge in [-0.2, -0.15) is 5.26 Å². The Balaban J connectivity index is 2.09. The van der Waals surface area contributed by atoms with Crippen molar-refractivity contribution in [2.24, 2.45) is 0 Å². The predicted molar refractivity (Wildman–Crippen MR) is 90.8 cm³/mol. The number of hydrogen-bond acceptors (Lipinski definition) is 3. The molecular weight excluding hydrogens is 307 g/mol. The molecule has 1 N–H and O–H groups in total. The van der Waals surface area contributed by atoms with Crippen LogP contribution in [0.3, 0.4) is 0 Å². The SMILES string of the molecule is CCCOc1ccc(/C=C(\C#N)C(=O)Nc2ccc(F)cc2)cc1. The summed E-state index contributed by atoms with van der Waals surface area (Å²) in [6, 6.07) is 14.3. The van der Waals surface area contributed by atoms with Gasteiger partial charge in [0.05, 0.1) is 6.61 Å². The molecule has 5 heteroatoms. The molecular formula is C19H17FN2O2.